The maximum absolute atomic E-state index is 5.99. The summed E-state index contributed by atoms with van der Waals surface area (Å²) in [7, 11) is 1.78. The van der Waals surface area contributed by atoms with Gasteiger partial charge < -0.3 is 10.6 Å². The number of aromatic nitrogens is 1. The van der Waals surface area contributed by atoms with Crippen LogP contribution in [0.3, 0.4) is 0 Å². The number of aliphatic imine (C=N–C) groups is 1. The minimum Gasteiger partial charge on any atom is -0.356 e. The molecule has 2 N–H and O–H groups in total. The lowest BCUT2D eigenvalue weighted by atomic mass is 10.1. The molecule has 0 saturated carbocycles. The van der Waals surface area contributed by atoms with Crippen molar-refractivity contribution < 1.29 is 0 Å². The van der Waals surface area contributed by atoms with Gasteiger partial charge in [0.2, 0.25) is 0 Å². The van der Waals surface area contributed by atoms with Crippen LogP contribution in [0.15, 0.2) is 29.3 Å². The Bertz CT molecular complexity index is 657. The van der Waals surface area contributed by atoms with E-state index in [9.17, 15) is 0 Å². The molecular weight excluding hydrogens is 443 g/mol. The molecule has 1 aromatic carbocycles. The van der Waals surface area contributed by atoms with Gasteiger partial charge in [0, 0.05) is 23.5 Å². The first kappa shape index (κ1) is 20.2. The lowest BCUT2D eigenvalue weighted by molar-refractivity contribution is 0.796. The van der Waals surface area contributed by atoms with Gasteiger partial charge in [0.05, 0.1) is 17.2 Å². The zero-order valence-electron chi connectivity index (χ0n) is 13.5. The Morgan fingerprint density at radius 2 is 2.09 bits per heavy atom. The van der Waals surface area contributed by atoms with Crippen molar-refractivity contribution in [2.24, 2.45) is 4.99 Å². The van der Waals surface area contributed by atoms with Gasteiger partial charge in [0.25, 0.3) is 0 Å². The molecule has 0 unspecified atom stereocenters. The molecule has 4 nitrogen and oxygen atoms in total. The van der Waals surface area contributed by atoms with Crippen LogP contribution in [0.4, 0.5) is 0 Å². The number of nitrogens with one attached hydrogen (secondary N) is 2. The lowest BCUT2D eigenvalue weighted by Crippen LogP contribution is -2.37. The van der Waals surface area contributed by atoms with Crippen molar-refractivity contribution in [1.82, 2.24) is 15.6 Å². The standard InChI is InChI=1S/C16H21ClN4S.HI/c1-11-15(22-12(2)21-11)10-20-16(18-3)19-8-7-13-5-4-6-14(17)9-13;/h4-6,9H,7-8,10H2,1-3H3,(H2,18,19,20);1H. The summed E-state index contributed by atoms with van der Waals surface area (Å²) in [6.45, 7) is 5.62. The van der Waals surface area contributed by atoms with Crippen LogP contribution >= 0.6 is 46.9 Å². The van der Waals surface area contributed by atoms with Crippen molar-refractivity contribution in [2.45, 2.75) is 26.8 Å². The van der Waals surface area contributed by atoms with Gasteiger partial charge in [-0.15, -0.1) is 35.3 Å². The molecule has 1 heterocycles. The van der Waals surface area contributed by atoms with Crippen molar-refractivity contribution >= 4 is 52.9 Å². The molecule has 0 aliphatic heterocycles. The first-order valence-corrected chi connectivity index (χ1v) is 8.40. The van der Waals surface area contributed by atoms with Crippen LogP contribution in [0, 0.1) is 13.8 Å². The van der Waals surface area contributed by atoms with Crippen molar-refractivity contribution in [1.29, 1.82) is 0 Å². The fourth-order valence-corrected chi connectivity index (χ4v) is 3.23. The average molecular weight is 465 g/mol. The van der Waals surface area contributed by atoms with E-state index in [0.29, 0.717) is 0 Å². The summed E-state index contributed by atoms with van der Waals surface area (Å²) < 4.78 is 0. The van der Waals surface area contributed by atoms with Crippen LogP contribution in [0.2, 0.25) is 5.02 Å². The molecule has 2 aromatic rings. The number of guanidine groups is 1. The topological polar surface area (TPSA) is 49.3 Å². The zero-order chi connectivity index (χ0) is 15.9. The second-order valence-electron chi connectivity index (χ2n) is 4.97. The number of benzene rings is 1. The van der Waals surface area contributed by atoms with E-state index in [1.165, 1.54) is 10.4 Å². The number of hydrogen-bond acceptors (Lipinski definition) is 3. The van der Waals surface area contributed by atoms with E-state index in [1.54, 1.807) is 18.4 Å². The Morgan fingerprint density at radius 1 is 1.30 bits per heavy atom. The molecular formula is C16H22ClIN4S. The average Bonchev–Trinajstić information content (AvgIpc) is 2.80. The van der Waals surface area contributed by atoms with E-state index < -0.39 is 0 Å². The summed E-state index contributed by atoms with van der Waals surface area (Å²) in [5.74, 6) is 0.799. The fraction of sp³-hybridized carbons (Fsp3) is 0.375. The smallest absolute Gasteiger partial charge is 0.191 e. The molecule has 0 atom stereocenters. The number of nitrogens with zero attached hydrogens (tertiary/aromatic N) is 2. The van der Waals surface area contributed by atoms with Crippen LogP contribution in [0.1, 0.15) is 21.1 Å². The predicted octanol–water partition coefficient (Wildman–Crippen LogP) is 3.94. The number of hydrogen-bond donors (Lipinski definition) is 2. The quantitative estimate of drug-likeness (QED) is 0.400. The molecule has 0 amide bonds. The Kier molecular flexibility index (Phi) is 8.86. The number of thiazole rings is 1. The van der Waals surface area contributed by atoms with Gasteiger partial charge >= 0.3 is 0 Å². The highest BCUT2D eigenvalue weighted by Gasteiger charge is 2.05. The molecule has 126 valence electrons. The summed E-state index contributed by atoms with van der Waals surface area (Å²) in [5, 5.41) is 8.50. The summed E-state index contributed by atoms with van der Waals surface area (Å²) >= 11 is 7.70. The molecule has 0 bridgehead atoms. The first-order valence-electron chi connectivity index (χ1n) is 7.20. The van der Waals surface area contributed by atoms with Crippen LogP contribution in [0.5, 0.6) is 0 Å². The summed E-state index contributed by atoms with van der Waals surface area (Å²) in [5.41, 5.74) is 2.30. The molecule has 0 aliphatic carbocycles. The van der Waals surface area contributed by atoms with Crippen LogP contribution < -0.4 is 10.6 Å². The number of rotatable bonds is 5. The third kappa shape index (κ3) is 6.64. The Balaban J connectivity index is 0.00000264. The van der Waals surface area contributed by atoms with E-state index in [2.05, 4.69) is 26.7 Å². The van der Waals surface area contributed by atoms with Crippen molar-refractivity contribution in [3.63, 3.8) is 0 Å². The molecule has 0 saturated heterocycles. The Labute approximate surface area is 163 Å². The minimum absolute atomic E-state index is 0. The number of halogens is 2. The third-order valence-electron chi connectivity index (χ3n) is 3.23. The van der Waals surface area contributed by atoms with Crippen molar-refractivity contribution in [3.05, 3.63) is 50.4 Å². The third-order valence-corrected chi connectivity index (χ3v) is 4.54. The highest BCUT2D eigenvalue weighted by Crippen LogP contribution is 2.16. The number of aryl methyl sites for hydroxylation is 2. The zero-order valence-corrected chi connectivity index (χ0v) is 17.4. The summed E-state index contributed by atoms with van der Waals surface area (Å²) in [4.78, 5) is 9.92. The maximum Gasteiger partial charge on any atom is 0.191 e. The Hall–Kier alpha value is -0.860. The van der Waals surface area contributed by atoms with Crippen LogP contribution in [0.25, 0.3) is 0 Å². The molecule has 7 heteroatoms. The molecule has 0 aliphatic rings. The maximum atomic E-state index is 5.99. The Morgan fingerprint density at radius 3 is 2.70 bits per heavy atom. The second kappa shape index (κ2) is 10.1. The van der Waals surface area contributed by atoms with Gasteiger partial charge in [-0.25, -0.2) is 4.98 Å². The highest BCUT2D eigenvalue weighted by molar-refractivity contribution is 14.0. The van der Waals surface area contributed by atoms with Crippen LogP contribution in [-0.2, 0) is 13.0 Å². The summed E-state index contributed by atoms with van der Waals surface area (Å²) in [6.07, 6.45) is 0.903. The second-order valence-corrected chi connectivity index (χ2v) is 6.70. The van der Waals surface area contributed by atoms with E-state index in [1.807, 2.05) is 32.0 Å². The predicted molar refractivity (Wildman–Crippen MR) is 110 cm³/mol. The monoisotopic (exact) mass is 464 g/mol. The molecule has 0 spiro atoms. The van der Waals surface area contributed by atoms with Crippen LogP contribution in [-0.4, -0.2) is 24.5 Å². The van der Waals surface area contributed by atoms with Gasteiger partial charge in [-0.3, -0.25) is 4.99 Å². The van der Waals surface area contributed by atoms with E-state index in [-0.39, 0.29) is 24.0 Å². The molecule has 2 rings (SSSR count). The molecule has 23 heavy (non-hydrogen) atoms. The molecule has 1 aromatic heterocycles. The van der Waals surface area contributed by atoms with Gasteiger partial charge in [0.15, 0.2) is 5.96 Å². The van der Waals surface area contributed by atoms with E-state index in [4.69, 9.17) is 11.6 Å². The lowest BCUT2D eigenvalue weighted by Gasteiger charge is -2.11. The van der Waals surface area contributed by atoms with E-state index >= 15 is 0 Å². The van der Waals surface area contributed by atoms with Crippen molar-refractivity contribution in [3.8, 4) is 0 Å². The molecule has 0 fully saturated rings. The van der Waals surface area contributed by atoms with Gasteiger partial charge in [-0.2, -0.15) is 0 Å². The first-order chi connectivity index (χ1) is 10.6. The normalized spacial score (nSPS) is 11.0. The molecule has 0 radical (unpaired) electrons. The van der Waals surface area contributed by atoms with Gasteiger partial charge in [-0.1, -0.05) is 23.7 Å². The fourth-order valence-electron chi connectivity index (χ4n) is 2.14. The van der Waals surface area contributed by atoms with E-state index in [0.717, 1.165) is 41.2 Å². The highest BCUT2D eigenvalue weighted by atomic mass is 127. The minimum atomic E-state index is 0. The van der Waals surface area contributed by atoms with Gasteiger partial charge in [-0.05, 0) is 38.0 Å². The van der Waals surface area contributed by atoms with Gasteiger partial charge in [0.1, 0.15) is 0 Å². The van der Waals surface area contributed by atoms with Crippen molar-refractivity contribution in [2.75, 3.05) is 13.6 Å². The largest absolute Gasteiger partial charge is 0.356 e. The summed E-state index contributed by atoms with van der Waals surface area (Å²) in [6, 6.07) is 7.92. The SMILES string of the molecule is CN=C(NCCc1cccc(Cl)c1)NCc1sc(C)nc1C.I.